The smallest absolute Gasteiger partial charge is 0.00351 e. The first-order chi connectivity index (χ1) is 6.15. The van der Waals surface area contributed by atoms with E-state index in [4.69, 9.17) is 0 Å². The molecule has 0 aliphatic carbocycles. The summed E-state index contributed by atoms with van der Waals surface area (Å²) in [5.41, 5.74) is 2.79. The van der Waals surface area contributed by atoms with Gasteiger partial charge in [-0.05, 0) is 32.6 Å². The number of hydrogen-bond donors (Lipinski definition) is 1. The predicted octanol–water partition coefficient (Wildman–Crippen LogP) is 3.49. The highest BCUT2D eigenvalue weighted by atomic mass is 14.8. The molecule has 0 bridgehead atoms. The molecule has 1 nitrogen and oxygen atoms in total. The van der Waals surface area contributed by atoms with E-state index >= 15 is 0 Å². The van der Waals surface area contributed by atoms with Gasteiger partial charge in [0, 0.05) is 12.7 Å². The van der Waals surface area contributed by atoms with Crippen LogP contribution in [0, 0.1) is 5.92 Å². The van der Waals surface area contributed by atoms with Crippen LogP contribution in [0.2, 0.25) is 0 Å². The summed E-state index contributed by atoms with van der Waals surface area (Å²) in [6, 6.07) is 0. The molecule has 0 spiro atoms. The van der Waals surface area contributed by atoms with E-state index in [9.17, 15) is 0 Å². The van der Waals surface area contributed by atoms with Crippen LogP contribution in [-0.4, -0.2) is 7.05 Å². The molecule has 0 fully saturated rings. The number of hydrogen-bond acceptors (Lipinski definition) is 1. The molecule has 1 unspecified atom stereocenters. The molecule has 0 aliphatic heterocycles. The summed E-state index contributed by atoms with van der Waals surface area (Å²) in [6.45, 7) is 8.76. The van der Waals surface area contributed by atoms with Crippen molar-refractivity contribution in [1.82, 2.24) is 5.32 Å². The highest BCUT2D eigenvalue weighted by molar-refractivity contribution is 5.11. The van der Waals surface area contributed by atoms with Crippen LogP contribution in [0.25, 0.3) is 0 Å². The Hall–Kier alpha value is -0.720. The van der Waals surface area contributed by atoms with Gasteiger partial charge in [-0.2, -0.15) is 0 Å². The molecule has 0 saturated carbocycles. The molecular weight excluding hydrogens is 158 g/mol. The quantitative estimate of drug-likeness (QED) is 0.640. The van der Waals surface area contributed by atoms with Crippen molar-refractivity contribution in [2.75, 3.05) is 7.05 Å². The SMILES string of the molecule is C/C=C(\C/C=C(\C)NC)C(C)CC. The zero-order valence-corrected chi connectivity index (χ0v) is 9.65. The van der Waals surface area contributed by atoms with Gasteiger partial charge in [0.25, 0.3) is 0 Å². The Kier molecular flexibility index (Phi) is 6.38. The van der Waals surface area contributed by atoms with Gasteiger partial charge in [0.1, 0.15) is 0 Å². The van der Waals surface area contributed by atoms with Crippen molar-refractivity contribution in [3.05, 3.63) is 23.4 Å². The molecular formula is C12H23N. The third kappa shape index (κ3) is 4.76. The summed E-state index contributed by atoms with van der Waals surface area (Å²) in [7, 11) is 1.96. The van der Waals surface area contributed by atoms with Gasteiger partial charge in [0.2, 0.25) is 0 Å². The summed E-state index contributed by atoms with van der Waals surface area (Å²) in [4.78, 5) is 0. The van der Waals surface area contributed by atoms with Gasteiger partial charge in [0.05, 0.1) is 0 Å². The lowest BCUT2D eigenvalue weighted by Gasteiger charge is -2.12. The lowest BCUT2D eigenvalue weighted by Crippen LogP contribution is -2.02. The van der Waals surface area contributed by atoms with Gasteiger partial charge in [0.15, 0.2) is 0 Å². The van der Waals surface area contributed by atoms with Crippen molar-refractivity contribution in [3.63, 3.8) is 0 Å². The van der Waals surface area contributed by atoms with E-state index in [1.165, 1.54) is 17.7 Å². The molecule has 0 rings (SSSR count). The number of allylic oxidation sites excluding steroid dienone is 4. The second kappa shape index (κ2) is 6.76. The predicted molar refractivity (Wildman–Crippen MR) is 60.6 cm³/mol. The van der Waals surface area contributed by atoms with E-state index in [0.717, 1.165) is 6.42 Å². The first-order valence-corrected chi connectivity index (χ1v) is 5.15. The second-order valence-electron chi connectivity index (χ2n) is 3.51. The van der Waals surface area contributed by atoms with Crippen LogP contribution in [0.1, 0.15) is 40.5 Å². The van der Waals surface area contributed by atoms with Gasteiger partial charge < -0.3 is 5.32 Å². The van der Waals surface area contributed by atoms with Crippen molar-refractivity contribution in [2.24, 2.45) is 5.92 Å². The van der Waals surface area contributed by atoms with Crippen LogP contribution in [0.3, 0.4) is 0 Å². The van der Waals surface area contributed by atoms with Crippen LogP contribution < -0.4 is 5.32 Å². The summed E-state index contributed by atoms with van der Waals surface area (Å²) >= 11 is 0. The molecule has 0 aliphatic rings. The summed E-state index contributed by atoms with van der Waals surface area (Å²) in [6.07, 6.45) is 6.80. The van der Waals surface area contributed by atoms with Gasteiger partial charge in [-0.3, -0.25) is 0 Å². The van der Waals surface area contributed by atoms with Gasteiger partial charge in [-0.1, -0.05) is 31.6 Å². The average molecular weight is 181 g/mol. The number of rotatable bonds is 5. The monoisotopic (exact) mass is 181 g/mol. The van der Waals surface area contributed by atoms with E-state index in [2.05, 4.69) is 45.2 Å². The van der Waals surface area contributed by atoms with Crippen LogP contribution >= 0.6 is 0 Å². The van der Waals surface area contributed by atoms with Crippen LogP contribution in [-0.2, 0) is 0 Å². The first kappa shape index (κ1) is 12.3. The van der Waals surface area contributed by atoms with E-state index < -0.39 is 0 Å². The molecule has 0 radical (unpaired) electrons. The Morgan fingerprint density at radius 2 is 2.08 bits per heavy atom. The zero-order valence-electron chi connectivity index (χ0n) is 9.65. The summed E-state index contributed by atoms with van der Waals surface area (Å²) in [5, 5.41) is 3.14. The minimum atomic E-state index is 0.714. The Bertz CT molecular complexity index is 189. The molecule has 0 amide bonds. The summed E-state index contributed by atoms with van der Waals surface area (Å²) < 4.78 is 0. The van der Waals surface area contributed by atoms with E-state index in [-0.39, 0.29) is 0 Å². The third-order valence-electron chi connectivity index (χ3n) is 2.65. The van der Waals surface area contributed by atoms with Gasteiger partial charge in [-0.15, -0.1) is 0 Å². The highest BCUT2D eigenvalue weighted by Crippen LogP contribution is 2.18. The molecule has 0 heterocycles. The van der Waals surface area contributed by atoms with Crippen LogP contribution in [0.15, 0.2) is 23.4 Å². The second-order valence-corrected chi connectivity index (χ2v) is 3.51. The van der Waals surface area contributed by atoms with E-state index in [1.54, 1.807) is 0 Å². The molecule has 1 heteroatoms. The molecule has 13 heavy (non-hydrogen) atoms. The molecule has 0 aromatic rings. The van der Waals surface area contributed by atoms with Gasteiger partial charge >= 0.3 is 0 Å². The lowest BCUT2D eigenvalue weighted by atomic mass is 9.95. The molecule has 0 saturated heterocycles. The largest absolute Gasteiger partial charge is 0.392 e. The average Bonchev–Trinajstić information content (AvgIpc) is 2.17. The molecule has 0 aromatic heterocycles. The fraction of sp³-hybridized carbons (Fsp3) is 0.667. The van der Waals surface area contributed by atoms with Crippen molar-refractivity contribution in [2.45, 2.75) is 40.5 Å². The van der Waals surface area contributed by atoms with Crippen LogP contribution in [0.5, 0.6) is 0 Å². The summed E-state index contributed by atoms with van der Waals surface area (Å²) in [5.74, 6) is 0.714. The maximum absolute atomic E-state index is 3.14. The molecule has 1 N–H and O–H groups in total. The van der Waals surface area contributed by atoms with Crippen LogP contribution in [0.4, 0.5) is 0 Å². The zero-order chi connectivity index (χ0) is 10.3. The van der Waals surface area contributed by atoms with Crippen molar-refractivity contribution < 1.29 is 0 Å². The lowest BCUT2D eigenvalue weighted by molar-refractivity contribution is 0.639. The highest BCUT2D eigenvalue weighted by Gasteiger charge is 2.03. The maximum atomic E-state index is 3.14. The molecule has 1 atom stereocenters. The minimum absolute atomic E-state index is 0.714. The molecule has 76 valence electrons. The fourth-order valence-corrected chi connectivity index (χ4v) is 1.24. The first-order valence-electron chi connectivity index (χ1n) is 5.15. The van der Waals surface area contributed by atoms with Gasteiger partial charge in [-0.25, -0.2) is 0 Å². The van der Waals surface area contributed by atoms with Crippen molar-refractivity contribution >= 4 is 0 Å². The third-order valence-corrected chi connectivity index (χ3v) is 2.65. The topological polar surface area (TPSA) is 12.0 Å². The maximum Gasteiger partial charge on any atom is 0.00351 e. The number of nitrogens with one attached hydrogen (secondary N) is 1. The fourth-order valence-electron chi connectivity index (χ4n) is 1.24. The van der Waals surface area contributed by atoms with E-state index in [0.29, 0.717) is 5.92 Å². The minimum Gasteiger partial charge on any atom is -0.392 e. The Balaban J connectivity index is 4.16. The van der Waals surface area contributed by atoms with Crippen molar-refractivity contribution in [1.29, 1.82) is 0 Å². The Morgan fingerprint density at radius 3 is 2.46 bits per heavy atom. The molecule has 0 aromatic carbocycles. The Morgan fingerprint density at radius 1 is 1.46 bits per heavy atom. The standard InChI is InChI=1S/C12H23N/c1-6-10(3)12(7-2)9-8-11(4)13-5/h7-8,10,13H,6,9H2,1-5H3/b11-8+,12-7+. The Labute approximate surface area is 82.9 Å². The van der Waals surface area contributed by atoms with Crippen molar-refractivity contribution in [3.8, 4) is 0 Å². The normalized spacial score (nSPS) is 15.8. The van der Waals surface area contributed by atoms with E-state index in [1.807, 2.05) is 7.05 Å².